The van der Waals surface area contributed by atoms with Gasteiger partial charge in [-0.3, -0.25) is 0 Å². The lowest BCUT2D eigenvalue weighted by Crippen LogP contribution is -2.01. The second-order valence-electron chi connectivity index (χ2n) is 13.9. The van der Waals surface area contributed by atoms with E-state index in [1.165, 1.54) is 83.4 Å². The van der Waals surface area contributed by atoms with Gasteiger partial charge in [0.25, 0.3) is 0 Å². The van der Waals surface area contributed by atoms with Crippen LogP contribution in [0.1, 0.15) is 0 Å². The van der Waals surface area contributed by atoms with E-state index in [0.717, 1.165) is 16.7 Å². The summed E-state index contributed by atoms with van der Waals surface area (Å²) in [4.78, 5) is 16.3. The second-order valence-corrected chi connectivity index (χ2v) is 16.0. The number of fused-ring (bicyclic) bond motifs is 13. The lowest BCUT2D eigenvalue weighted by molar-refractivity contribution is 1.08. The maximum Gasteiger partial charge on any atom is 0.164 e. The third kappa shape index (κ3) is 4.43. The molecule has 0 saturated heterocycles. The summed E-state index contributed by atoms with van der Waals surface area (Å²) in [6.45, 7) is 0. The van der Waals surface area contributed by atoms with Gasteiger partial charge in [0.15, 0.2) is 17.5 Å². The minimum absolute atomic E-state index is 0.659. The third-order valence-corrected chi connectivity index (χ3v) is 13.3. The van der Waals surface area contributed by atoms with Crippen molar-refractivity contribution >= 4 is 106 Å². The van der Waals surface area contributed by atoms with E-state index in [2.05, 4.69) is 164 Å². The van der Waals surface area contributed by atoms with Crippen LogP contribution in [0.15, 0.2) is 164 Å². The van der Waals surface area contributed by atoms with Gasteiger partial charge in [0.2, 0.25) is 0 Å². The highest BCUT2D eigenvalue weighted by Crippen LogP contribution is 2.46. The molecule has 12 rings (SSSR count). The van der Waals surface area contributed by atoms with Gasteiger partial charge in [0, 0.05) is 57.0 Å². The first-order valence-electron chi connectivity index (χ1n) is 18.1. The summed E-state index contributed by atoms with van der Waals surface area (Å²) in [5, 5.41) is 14.4. The van der Waals surface area contributed by atoms with Crippen molar-refractivity contribution in [2.45, 2.75) is 0 Å². The van der Waals surface area contributed by atoms with E-state index in [1.54, 1.807) is 0 Å². The number of benzene rings is 9. The molecule has 0 aliphatic rings. The van der Waals surface area contributed by atoms with Crippen molar-refractivity contribution in [3.63, 3.8) is 0 Å². The molecule has 0 amide bonds. The van der Waals surface area contributed by atoms with Gasteiger partial charge in [-0.05, 0) is 73.4 Å². The van der Waals surface area contributed by atoms with Crippen molar-refractivity contribution in [3.05, 3.63) is 164 Å². The van der Waals surface area contributed by atoms with E-state index in [-0.39, 0.29) is 0 Å². The molecule has 0 N–H and O–H groups in total. The molecule has 3 nitrogen and oxygen atoms in total. The van der Waals surface area contributed by atoms with Gasteiger partial charge in [-0.15, -0.1) is 22.7 Å². The zero-order valence-electron chi connectivity index (χ0n) is 28.7. The van der Waals surface area contributed by atoms with Crippen LogP contribution in [0.3, 0.4) is 0 Å². The van der Waals surface area contributed by atoms with Crippen LogP contribution in [0, 0.1) is 0 Å². The molecule has 5 heteroatoms. The van der Waals surface area contributed by atoms with Crippen molar-refractivity contribution in [1.29, 1.82) is 0 Å². The molecule has 0 atom stereocenters. The first kappa shape index (κ1) is 30.0. The van der Waals surface area contributed by atoms with E-state index in [1.807, 2.05) is 22.7 Å². The molecule has 9 aromatic carbocycles. The Morgan fingerprint density at radius 3 is 1.31 bits per heavy atom. The van der Waals surface area contributed by atoms with Gasteiger partial charge in [-0.25, -0.2) is 15.0 Å². The summed E-state index contributed by atoms with van der Waals surface area (Å²) in [5.41, 5.74) is 3.00. The van der Waals surface area contributed by atoms with Gasteiger partial charge in [0.1, 0.15) is 0 Å². The summed E-state index contributed by atoms with van der Waals surface area (Å²) in [5.74, 6) is 2.01. The lowest BCUT2D eigenvalue weighted by Gasteiger charge is -2.13. The molecule has 0 bridgehead atoms. The van der Waals surface area contributed by atoms with Crippen LogP contribution in [0.5, 0.6) is 0 Å². The number of hydrogen-bond acceptors (Lipinski definition) is 5. The molecule has 54 heavy (non-hydrogen) atoms. The van der Waals surface area contributed by atoms with E-state index >= 15 is 0 Å². The quantitative estimate of drug-likeness (QED) is 0.171. The number of nitrogens with zero attached hydrogens (tertiary/aromatic N) is 3. The molecule has 0 aliphatic carbocycles. The van der Waals surface area contributed by atoms with Crippen molar-refractivity contribution in [2.75, 3.05) is 0 Å². The minimum Gasteiger partial charge on any atom is -0.208 e. The first-order chi connectivity index (χ1) is 26.7. The third-order valence-electron chi connectivity index (χ3n) is 10.9. The molecule has 0 fully saturated rings. The fraction of sp³-hybridized carbons (Fsp3) is 0. The topological polar surface area (TPSA) is 38.7 Å². The molecule has 0 spiro atoms. The highest BCUT2D eigenvalue weighted by atomic mass is 32.1. The molecule has 250 valence electrons. The Labute approximate surface area is 317 Å². The lowest BCUT2D eigenvalue weighted by atomic mass is 9.98. The molecule has 0 saturated carbocycles. The molecule has 0 unspecified atom stereocenters. The summed E-state index contributed by atoms with van der Waals surface area (Å²) in [6.07, 6.45) is 0. The Hall–Kier alpha value is -6.53. The number of rotatable bonds is 3. The zero-order valence-corrected chi connectivity index (χ0v) is 30.4. The maximum atomic E-state index is 5.49. The fourth-order valence-corrected chi connectivity index (χ4v) is 10.9. The zero-order chi connectivity index (χ0) is 35.3. The van der Waals surface area contributed by atoms with Crippen molar-refractivity contribution < 1.29 is 0 Å². The number of aromatic nitrogens is 3. The highest BCUT2D eigenvalue weighted by molar-refractivity contribution is 7.27. The van der Waals surface area contributed by atoms with Gasteiger partial charge in [-0.1, -0.05) is 133 Å². The molecule has 0 aliphatic heterocycles. The Bertz CT molecular complexity index is 3350. The van der Waals surface area contributed by atoms with Crippen LogP contribution in [0.25, 0.3) is 118 Å². The molecule has 3 aromatic heterocycles. The molecular weight excluding hydrogens is 695 g/mol. The maximum absolute atomic E-state index is 5.49. The molecular formula is C49H27N3S2. The van der Waals surface area contributed by atoms with E-state index < -0.39 is 0 Å². The Kier molecular flexibility index (Phi) is 6.38. The second kappa shape index (κ2) is 11.5. The summed E-state index contributed by atoms with van der Waals surface area (Å²) in [6, 6.07) is 58.9. The first-order valence-corrected chi connectivity index (χ1v) is 19.7. The standard InChI is InChI=1S/C49H27N3S2/c1-4-14-33-28(11-1)21-22-29-23-24-32(27-38(29)33)47-50-48(39-25-30-12-2-5-15-34(30)45-43(39)36-17-7-9-19-41(36)53-45)52-49(51-47)40-26-31-13-3-6-16-35(31)46-44(40)37-18-8-10-20-42(37)54-46/h1-27H. The monoisotopic (exact) mass is 721 g/mol. The predicted molar refractivity (Wildman–Crippen MR) is 232 cm³/mol. The van der Waals surface area contributed by atoms with Gasteiger partial charge in [0.05, 0.1) is 0 Å². The largest absolute Gasteiger partial charge is 0.208 e. The van der Waals surface area contributed by atoms with Crippen LogP contribution in [-0.4, -0.2) is 15.0 Å². The fourth-order valence-electron chi connectivity index (χ4n) is 8.36. The Morgan fingerprint density at radius 1 is 0.315 bits per heavy atom. The van der Waals surface area contributed by atoms with E-state index in [0.29, 0.717) is 17.5 Å². The van der Waals surface area contributed by atoms with Gasteiger partial charge in [-0.2, -0.15) is 0 Å². The average molecular weight is 722 g/mol. The minimum atomic E-state index is 0.659. The van der Waals surface area contributed by atoms with E-state index in [9.17, 15) is 0 Å². The summed E-state index contributed by atoms with van der Waals surface area (Å²) in [7, 11) is 0. The molecule has 0 radical (unpaired) electrons. The summed E-state index contributed by atoms with van der Waals surface area (Å²) >= 11 is 3.68. The smallest absolute Gasteiger partial charge is 0.164 e. The molecule has 12 aromatic rings. The predicted octanol–water partition coefficient (Wildman–Crippen LogP) is 14.2. The Balaban J connectivity index is 1.22. The SMILES string of the molecule is c1ccc2c(c1)ccc1ccc(-c3nc(-c4cc5ccccc5c5sc6ccccc6c45)nc(-c4cc5ccccc5c5sc6ccccc6c45)n3)cc12. The normalized spacial score (nSPS) is 12.1. The summed E-state index contributed by atoms with van der Waals surface area (Å²) < 4.78 is 5.01. The van der Waals surface area contributed by atoms with Crippen LogP contribution < -0.4 is 0 Å². The average Bonchev–Trinajstić information content (AvgIpc) is 3.83. The van der Waals surface area contributed by atoms with Crippen LogP contribution >= 0.6 is 22.7 Å². The number of thiophene rings is 2. The van der Waals surface area contributed by atoms with Crippen molar-refractivity contribution in [1.82, 2.24) is 15.0 Å². The van der Waals surface area contributed by atoms with Gasteiger partial charge >= 0.3 is 0 Å². The van der Waals surface area contributed by atoms with Crippen LogP contribution in [0.4, 0.5) is 0 Å². The Morgan fingerprint density at radius 2 is 0.741 bits per heavy atom. The number of hydrogen-bond donors (Lipinski definition) is 0. The molecule has 3 heterocycles. The van der Waals surface area contributed by atoms with Crippen LogP contribution in [0.2, 0.25) is 0 Å². The van der Waals surface area contributed by atoms with Crippen molar-refractivity contribution in [2.24, 2.45) is 0 Å². The van der Waals surface area contributed by atoms with E-state index in [4.69, 9.17) is 15.0 Å². The van der Waals surface area contributed by atoms with Gasteiger partial charge < -0.3 is 0 Å². The van der Waals surface area contributed by atoms with Crippen molar-refractivity contribution in [3.8, 4) is 34.2 Å². The van der Waals surface area contributed by atoms with Crippen LogP contribution in [-0.2, 0) is 0 Å². The highest BCUT2D eigenvalue weighted by Gasteiger charge is 2.22.